The van der Waals surface area contributed by atoms with Crippen LogP contribution in [0.3, 0.4) is 0 Å². The molecule has 2 heterocycles. The summed E-state index contributed by atoms with van der Waals surface area (Å²) in [6.07, 6.45) is 2.64. The van der Waals surface area contributed by atoms with Gasteiger partial charge in [-0.15, -0.1) is 0 Å². The number of hydrogen-bond donors (Lipinski definition) is 1. The van der Waals surface area contributed by atoms with Crippen molar-refractivity contribution in [3.05, 3.63) is 66.1 Å². The van der Waals surface area contributed by atoms with Crippen molar-refractivity contribution in [2.24, 2.45) is 5.92 Å². The SMILES string of the molecule is CCCOc1ccc(CNC(=O)C2CCN(Cc3nc(-c4ccccc4)no3)CC2)cc1. The molecule has 0 unspecified atom stereocenters. The van der Waals surface area contributed by atoms with E-state index in [1.807, 2.05) is 54.6 Å². The van der Waals surface area contributed by atoms with E-state index >= 15 is 0 Å². The Morgan fingerprint density at radius 3 is 2.59 bits per heavy atom. The van der Waals surface area contributed by atoms with E-state index in [-0.39, 0.29) is 11.8 Å². The van der Waals surface area contributed by atoms with Gasteiger partial charge < -0.3 is 14.6 Å². The first-order valence-electron chi connectivity index (χ1n) is 11.3. The van der Waals surface area contributed by atoms with E-state index in [4.69, 9.17) is 9.26 Å². The van der Waals surface area contributed by atoms with Crippen molar-refractivity contribution in [1.29, 1.82) is 0 Å². The van der Waals surface area contributed by atoms with E-state index in [9.17, 15) is 4.79 Å². The number of carbonyl (C=O) groups is 1. The quantitative estimate of drug-likeness (QED) is 0.547. The topological polar surface area (TPSA) is 80.5 Å². The predicted molar refractivity (Wildman–Crippen MR) is 122 cm³/mol. The number of carbonyl (C=O) groups excluding carboxylic acids is 1. The van der Waals surface area contributed by atoms with Gasteiger partial charge in [0.05, 0.1) is 13.2 Å². The Labute approximate surface area is 188 Å². The molecule has 1 fully saturated rings. The number of benzene rings is 2. The Bertz CT molecular complexity index is 980. The Balaban J connectivity index is 1.20. The third-order valence-electron chi connectivity index (χ3n) is 5.68. The second-order valence-corrected chi connectivity index (χ2v) is 8.14. The number of piperidine rings is 1. The maximum atomic E-state index is 12.6. The number of hydrogen-bond acceptors (Lipinski definition) is 6. The molecular formula is C25H30N4O3. The summed E-state index contributed by atoms with van der Waals surface area (Å²) >= 11 is 0. The summed E-state index contributed by atoms with van der Waals surface area (Å²) in [5.41, 5.74) is 2.02. The molecule has 0 atom stereocenters. The lowest BCUT2D eigenvalue weighted by Crippen LogP contribution is -2.40. The molecule has 7 nitrogen and oxygen atoms in total. The summed E-state index contributed by atoms with van der Waals surface area (Å²) in [6.45, 7) is 5.63. The molecule has 0 spiro atoms. The van der Waals surface area contributed by atoms with Crippen molar-refractivity contribution >= 4 is 5.91 Å². The first-order valence-corrected chi connectivity index (χ1v) is 11.3. The minimum Gasteiger partial charge on any atom is -0.494 e. The molecule has 2 aromatic carbocycles. The number of amides is 1. The molecule has 3 aromatic rings. The maximum absolute atomic E-state index is 12.6. The minimum absolute atomic E-state index is 0.0426. The molecule has 0 radical (unpaired) electrons. The van der Waals surface area contributed by atoms with Gasteiger partial charge in [0, 0.05) is 18.0 Å². The van der Waals surface area contributed by atoms with Crippen molar-refractivity contribution in [2.45, 2.75) is 39.3 Å². The van der Waals surface area contributed by atoms with Crippen LogP contribution in [0.2, 0.25) is 0 Å². The molecule has 1 amide bonds. The number of nitrogens with one attached hydrogen (secondary N) is 1. The number of nitrogens with zero attached hydrogens (tertiary/aromatic N) is 3. The van der Waals surface area contributed by atoms with Crippen LogP contribution in [0.5, 0.6) is 5.75 Å². The number of ether oxygens (including phenoxy) is 1. The van der Waals surface area contributed by atoms with Gasteiger partial charge in [-0.2, -0.15) is 4.98 Å². The van der Waals surface area contributed by atoms with E-state index in [1.54, 1.807) is 0 Å². The van der Waals surface area contributed by atoms with Gasteiger partial charge in [0.1, 0.15) is 5.75 Å². The third kappa shape index (κ3) is 5.95. The summed E-state index contributed by atoms with van der Waals surface area (Å²) in [5, 5.41) is 7.16. The van der Waals surface area contributed by atoms with E-state index < -0.39 is 0 Å². The van der Waals surface area contributed by atoms with E-state index in [2.05, 4.69) is 27.3 Å². The molecule has 0 saturated carbocycles. The zero-order valence-corrected chi connectivity index (χ0v) is 18.5. The Morgan fingerprint density at radius 1 is 1.12 bits per heavy atom. The molecule has 4 rings (SSSR count). The van der Waals surface area contributed by atoms with E-state index in [0.29, 0.717) is 24.8 Å². The van der Waals surface area contributed by atoms with E-state index in [1.165, 1.54) is 0 Å². The molecule has 1 N–H and O–H groups in total. The van der Waals surface area contributed by atoms with Crippen molar-refractivity contribution < 1.29 is 14.1 Å². The monoisotopic (exact) mass is 434 g/mol. The lowest BCUT2D eigenvalue weighted by atomic mass is 9.96. The molecule has 168 valence electrons. The zero-order valence-electron chi connectivity index (χ0n) is 18.5. The molecule has 0 aliphatic carbocycles. The molecule has 7 heteroatoms. The van der Waals surface area contributed by atoms with Crippen LogP contribution in [0.4, 0.5) is 0 Å². The van der Waals surface area contributed by atoms with Crippen LogP contribution in [-0.2, 0) is 17.9 Å². The first-order chi connectivity index (χ1) is 15.7. The first kappa shape index (κ1) is 22.0. The van der Waals surface area contributed by atoms with Gasteiger partial charge in [-0.05, 0) is 50.0 Å². The maximum Gasteiger partial charge on any atom is 0.241 e. The second-order valence-electron chi connectivity index (χ2n) is 8.14. The summed E-state index contributed by atoms with van der Waals surface area (Å²) < 4.78 is 11.0. The smallest absolute Gasteiger partial charge is 0.241 e. The highest BCUT2D eigenvalue weighted by Crippen LogP contribution is 2.21. The van der Waals surface area contributed by atoms with Gasteiger partial charge in [0.2, 0.25) is 17.6 Å². The predicted octanol–water partition coefficient (Wildman–Crippen LogP) is 4.05. The highest BCUT2D eigenvalue weighted by atomic mass is 16.5. The van der Waals surface area contributed by atoms with Crippen molar-refractivity contribution in [2.75, 3.05) is 19.7 Å². The van der Waals surface area contributed by atoms with Crippen molar-refractivity contribution in [1.82, 2.24) is 20.4 Å². The molecule has 1 saturated heterocycles. The molecule has 32 heavy (non-hydrogen) atoms. The molecule has 1 aromatic heterocycles. The third-order valence-corrected chi connectivity index (χ3v) is 5.68. The fourth-order valence-electron chi connectivity index (χ4n) is 3.83. The van der Waals surface area contributed by atoms with Crippen LogP contribution in [0, 0.1) is 5.92 Å². The largest absolute Gasteiger partial charge is 0.494 e. The summed E-state index contributed by atoms with van der Waals surface area (Å²) in [6, 6.07) is 17.7. The Kier molecular flexibility index (Phi) is 7.51. The van der Waals surface area contributed by atoms with Gasteiger partial charge in [-0.1, -0.05) is 54.5 Å². The minimum atomic E-state index is 0.0426. The van der Waals surface area contributed by atoms with Crippen molar-refractivity contribution in [3.63, 3.8) is 0 Å². The van der Waals surface area contributed by atoms with Gasteiger partial charge in [-0.3, -0.25) is 9.69 Å². The molecule has 0 bridgehead atoms. The van der Waals surface area contributed by atoms with Crippen LogP contribution in [0.15, 0.2) is 59.1 Å². The van der Waals surface area contributed by atoms with Crippen molar-refractivity contribution in [3.8, 4) is 17.1 Å². The van der Waals surface area contributed by atoms with Gasteiger partial charge in [0.15, 0.2) is 0 Å². The van der Waals surface area contributed by atoms with Gasteiger partial charge >= 0.3 is 0 Å². The Morgan fingerprint density at radius 2 is 1.88 bits per heavy atom. The summed E-state index contributed by atoms with van der Waals surface area (Å²) in [7, 11) is 0. The van der Waals surface area contributed by atoms with Crippen LogP contribution >= 0.6 is 0 Å². The normalized spacial score (nSPS) is 14.9. The molecule has 1 aliphatic heterocycles. The molecule has 1 aliphatic rings. The fourth-order valence-corrected chi connectivity index (χ4v) is 3.83. The standard InChI is InChI=1S/C25H30N4O3/c1-2-16-31-22-10-8-19(9-11-22)17-26-25(30)21-12-14-29(15-13-21)18-23-27-24(28-32-23)20-6-4-3-5-7-20/h3-11,21H,2,12-18H2,1H3,(H,26,30). The lowest BCUT2D eigenvalue weighted by molar-refractivity contribution is -0.126. The van der Waals surface area contributed by atoms with Gasteiger partial charge in [-0.25, -0.2) is 0 Å². The average molecular weight is 435 g/mol. The van der Waals surface area contributed by atoms with E-state index in [0.717, 1.165) is 55.8 Å². The molecular weight excluding hydrogens is 404 g/mol. The van der Waals surface area contributed by atoms with Gasteiger partial charge in [0.25, 0.3) is 0 Å². The Hall–Kier alpha value is -3.19. The van der Waals surface area contributed by atoms with Crippen LogP contribution in [0.1, 0.15) is 37.6 Å². The number of aromatic nitrogens is 2. The highest BCUT2D eigenvalue weighted by Gasteiger charge is 2.25. The second kappa shape index (κ2) is 10.9. The number of likely N-dealkylation sites (tertiary alicyclic amines) is 1. The average Bonchev–Trinajstić information content (AvgIpc) is 3.31. The highest BCUT2D eigenvalue weighted by molar-refractivity contribution is 5.78. The fraction of sp³-hybridized carbons (Fsp3) is 0.400. The van der Waals surface area contributed by atoms with Crippen LogP contribution < -0.4 is 10.1 Å². The van der Waals surface area contributed by atoms with Crippen LogP contribution in [0.25, 0.3) is 11.4 Å². The summed E-state index contributed by atoms with van der Waals surface area (Å²) in [5.74, 6) is 2.26. The lowest BCUT2D eigenvalue weighted by Gasteiger charge is -2.30. The number of rotatable bonds is 9. The van der Waals surface area contributed by atoms with Crippen LogP contribution in [-0.4, -0.2) is 40.6 Å². The zero-order chi connectivity index (χ0) is 22.2. The summed E-state index contributed by atoms with van der Waals surface area (Å²) in [4.78, 5) is 19.4.